The highest BCUT2D eigenvalue weighted by atomic mass is 32.2. The van der Waals surface area contributed by atoms with Crippen molar-refractivity contribution in [1.82, 2.24) is 0 Å². The number of benzene rings is 3. The zero-order valence-electron chi connectivity index (χ0n) is 18.7. The first-order valence-corrected chi connectivity index (χ1v) is 11.9. The fourth-order valence-electron chi connectivity index (χ4n) is 3.29. The Bertz CT molecular complexity index is 1560. The summed E-state index contributed by atoms with van der Waals surface area (Å²) in [6.45, 7) is 0.0508. The first-order valence-electron chi connectivity index (χ1n) is 10.4. The summed E-state index contributed by atoms with van der Waals surface area (Å²) in [5.41, 5.74) is 4.57. The minimum atomic E-state index is -4.66. The second-order valence-electron chi connectivity index (χ2n) is 7.67. The van der Waals surface area contributed by atoms with Crippen LogP contribution in [0.25, 0.3) is 6.08 Å². The quantitative estimate of drug-likeness (QED) is 0.244. The SMILES string of the molecule is N#CC(=Cc1ccc2c(c1)OCO2)C(=O)Nc1cc(S(=O)(=O)Nc2cccc(C(F)(F)F)c2)ccc1N. The summed E-state index contributed by atoms with van der Waals surface area (Å²) >= 11 is 0. The van der Waals surface area contributed by atoms with Crippen LogP contribution in [0.15, 0.2) is 71.1 Å². The summed E-state index contributed by atoms with van der Waals surface area (Å²) in [5.74, 6) is 0.0961. The van der Waals surface area contributed by atoms with Gasteiger partial charge in [-0.05, 0) is 60.2 Å². The number of ether oxygens (including phenoxy) is 2. The van der Waals surface area contributed by atoms with Gasteiger partial charge in [-0.3, -0.25) is 9.52 Å². The van der Waals surface area contributed by atoms with E-state index in [1.165, 1.54) is 12.1 Å². The Hall–Kier alpha value is -4.70. The molecular formula is C24H17F3N4O5S. The van der Waals surface area contributed by atoms with E-state index in [1.54, 1.807) is 24.3 Å². The molecule has 0 bridgehead atoms. The Morgan fingerprint density at radius 1 is 1.05 bits per heavy atom. The lowest BCUT2D eigenvalue weighted by Gasteiger charge is -2.13. The number of alkyl halides is 3. The van der Waals surface area contributed by atoms with E-state index in [0.29, 0.717) is 23.1 Å². The van der Waals surface area contributed by atoms with Gasteiger partial charge in [-0.1, -0.05) is 12.1 Å². The van der Waals surface area contributed by atoms with Crippen molar-refractivity contribution in [3.63, 3.8) is 0 Å². The van der Waals surface area contributed by atoms with Crippen molar-refractivity contribution in [3.8, 4) is 17.6 Å². The van der Waals surface area contributed by atoms with E-state index < -0.39 is 27.7 Å². The number of carbonyl (C=O) groups excluding carboxylic acids is 1. The fraction of sp³-hybridized carbons (Fsp3) is 0.0833. The molecule has 0 aromatic heterocycles. The number of hydrogen-bond acceptors (Lipinski definition) is 7. The zero-order chi connectivity index (χ0) is 26.8. The number of nitrogens with two attached hydrogens (primary N) is 1. The lowest BCUT2D eigenvalue weighted by Crippen LogP contribution is -2.17. The summed E-state index contributed by atoms with van der Waals surface area (Å²) in [4.78, 5) is 12.4. The van der Waals surface area contributed by atoms with Crippen LogP contribution in [-0.2, 0) is 21.0 Å². The second-order valence-corrected chi connectivity index (χ2v) is 9.35. The van der Waals surface area contributed by atoms with Gasteiger partial charge in [0.1, 0.15) is 11.6 Å². The van der Waals surface area contributed by atoms with Gasteiger partial charge in [0.2, 0.25) is 6.79 Å². The number of sulfonamides is 1. The molecule has 0 spiro atoms. The topological polar surface area (TPSA) is 144 Å². The number of carbonyl (C=O) groups is 1. The van der Waals surface area contributed by atoms with Crippen LogP contribution < -0.4 is 25.2 Å². The van der Waals surface area contributed by atoms with Gasteiger partial charge in [0, 0.05) is 5.69 Å². The molecule has 3 aromatic rings. The highest BCUT2D eigenvalue weighted by molar-refractivity contribution is 7.92. The number of anilines is 3. The summed E-state index contributed by atoms with van der Waals surface area (Å²) < 4.78 is 77.0. The van der Waals surface area contributed by atoms with Crippen molar-refractivity contribution in [1.29, 1.82) is 5.26 Å². The molecule has 0 aliphatic carbocycles. The number of amides is 1. The molecule has 9 nitrogen and oxygen atoms in total. The lowest BCUT2D eigenvalue weighted by atomic mass is 10.1. The number of nitrogens with zero attached hydrogens (tertiary/aromatic N) is 1. The van der Waals surface area contributed by atoms with Gasteiger partial charge in [-0.15, -0.1) is 0 Å². The Labute approximate surface area is 209 Å². The molecule has 1 aliphatic heterocycles. The van der Waals surface area contributed by atoms with Crippen LogP contribution in [0, 0.1) is 11.3 Å². The van der Waals surface area contributed by atoms with Crippen LogP contribution in [0.1, 0.15) is 11.1 Å². The summed E-state index contributed by atoms with van der Waals surface area (Å²) in [6.07, 6.45) is -3.37. The molecule has 0 atom stereocenters. The van der Waals surface area contributed by atoms with Crippen LogP contribution in [-0.4, -0.2) is 21.1 Å². The molecule has 0 fully saturated rings. The fourth-order valence-corrected chi connectivity index (χ4v) is 4.37. The number of rotatable bonds is 6. The van der Waals surface area contributed by atoms with E-state index in [4.69, 9.17) is 15.2 Å². The molecule has 190 valence electrons. The first kappa shape index (κ1) is 25.4. The van der Waals surface area contributed by atoms with Crippen LogP contribution in [0.3, 0.4) is 0 Å². The number of nitriles is 1. The second kappa shape index (κ2) is 9.75. The van der Waals surface area contributed by atoms with Crippen LogP contribution in [0.5, 0.6) is 11.5 Å². The minimum Gasteiger partial charge on any atom is -0.454 e. The smallest absolute Gasteiger partial charge is 0.416 e. The highest BCUT2D eigenvalue weighted by Crippen LogP contribution is 2.34. The molecule has 4 rings (SSSR count). The molecule has 1 amide bonds. The van der Waals surface area contributed by atoms with E-state index in [1.807, 2.05) is 0 Å². The standard InChI is InChI=1S/C24H17F3N4O5S/c25-24(26,27)16-2-1-3-17(10-16)31-37(33,34)18-5-6-19(29)20(11-18)30-23(32)15(12-28)8-14-4-7-21-22(9-14)36-13-35-21/h1-11,31H,13,29H2,(H,30,32). The van der Waals surface area contributed by atoms with Crippen molar-refractivity contribution in [2.45, 2.75) is 11.1 Å². The van der Waals surface area contributed by atoms with Gasteiger partial charge in [0.15, 0.2) is 11.5 Å². The molecule has 0 radical (unpaired) electrons. The normalized spacial score (nSPS) is 13.1. The van der Waals surface area contributed by atoms with Crippen molar-refractivity contribution in [2.24, 2.45) is 0 Å². The summed E-state index contributed by atoms with van der Waals surface area (Å²) in [6, 6.07) is 13.6. The van der Waals surface area contributed by atoms with E-state index in [0.717, 1.165) is 30.3 Å². The number of halogens is 3. The van der Waals surface area contributed by atoms with Crippen molar-refractivity contribution in [2.75, 3.05) is 22.6 Å². The zero-order valence-corrected chi connectivity index (χ0v) is 19.5. The molecule has 37 heavy (non-hydrogen) atoms. The predicted molar refractivity (Wildman–Crippen MR) is 128 cm³/mol. The molecule has 3 aromatic carbocycles. The van der Waals surface area contributed by atoms with Gasteiger partial charge in [0.25, 0.3) is 15.9 Å². The average Bonchev–Trinajstić information content (AvgIpc) is 3.31. The maximum atomic E-state index is 13.0. The third-order valence-electron chi connectivity index (χ3n) is 5.10. The molecule has 0 saturated heterocycles. The molecule has 0 unspecified atom stereocenters. The van der Waals surface area contributed by atoms with Gasteiger partial charge in [0.05, 0.1) is 21.8 Å². The number of nitrogens with one attached hydrogen (secondary N) is 2. The average molecular weight is 530 g/mol. The van der Waals surface area contributed by atoms with Gasteiger partial charge in [-0.2, -0.15) is 18.4 Å². The minimum absolute atomic E-state index is 0.00765. The monoisotopic (exact) mass is 530 g/mol. The van der Waals surface area contributed by atoms with Gasteiger partial charge < -0.3 is 20.5 Å². The summed E-state index contributed by atoms with van der Waals surface area (Å²) in [7, 11) is -4.36. The number of hydrogen-bond donors (Lipinski definition) is 3. The Balaban J connectivity index is 1.56. The van der Waals surface area contributed by atoms with Crippen LogP contribution >= 0.6 is 0 Å². The number of fused-ring (bicyclic) bond motifs is 1. The molecule has 1 aliphatic rings. The number of nitrogen functional groups attached to an aromatic ring is 1. The largest absolute Gasteiger partial charge is 0.454 e. The first-order chi connectivity index (χ1) is 17.5. The van der Waals surface area contributed by atoms with Gasteiger partial charge in [-0.25, -0.2) is 8.42 Å². The molecule has 4 N–H and O–H groups in total. The van der Waals surface area contributed by atoms with E-state index in [9.17, 15) is 31.6 Å². The molecule has 13 heteroatoms. The van der Waals surface area contributed by atoms with Crippen molar-refractivity contribution in [3.05, 3.63) is 77.4 Å². The van der Waals surface area contributed by atoms with Gasteiger partial charge >= 0.3 is 6.18 Å². The van der Waals surface area contributed by atoms with Crippen LogP contribution in [0.2, 0.25) is 0 Å². The van der Waals surface area contributed by atoms with E-state index in [-0.39, 0.29) is 34.3 Å². The van der Waals surface area contributed by atoms with Crippen LogP contribution in [0.4, 0.5) is 30.2 Å². The van der Waals surface area contributed by atoms with E-state index in [2.05, 4.69) is 10.0 Å². The predicted octanol–water partition coefficient (Wildman–Crippen LogP) is 4.36. The van der Waals surface area contributed by atoms with Crippen molar-refractivity contribution >= 4 is 39.1 Å². The third-order valence-corrected chi connectivity index (χ3v) is 6.48. The molecule has 1 heterocycles. The lowest BCUT2D eigenvalue weighted by molar-refractivity contribution is -0.137. The maximum Gasteiger partial charge on any atom is 0.416 e. The molecular weight excluding hydrogens is 513 g/mol. The third kappa shape index (κ3) is 5.76. The van der Waals surface area contributed by atoms with Crippen molar-refractivity contribution < 1.29 is 35.9 Å². The molecule has 0 saturated carbocycles. The Kier molecular flexibility index (Phi) is 6.69. The highest BCUT2D eigenvalue weighted by Gasteiger charge is 2.31. The Morgan fingerprint density at radius 3 is 2.54 bits per heavy atom. The summed E-state index contributed by atoms with van der Waals surface area (Å²) in [5, 5.41) is 11.9. The van der Waals surface area contributed by atoms with E-state index >= 15 is 0 Å². The maximum absolute atomic E-state index is 13.0. The Morgan fingerprint density at radius 2 is 1.81 bits per heavy atom.